The van der Waals surface area contributed by atoms with Crippen molar-refractivity contribution in [2.75, 3.05) is 5.32 Å². The summed E-state index contributed by atoms with van der Waals surface area (Å²) < 4.78 is 5.51. The molecule has 0 aliphatic heterocycles. The topological polar surface area (TPSA) is 64.1 Å². The number of halogens is 1. The molecule has 2 rings (SSSR count). The van der Waals surface area contributed by atoms with Gasteiger partial charge in [0, 0.05) is 5.56 Å². The van der Waals surface area contributed by atoms with Crippen LogP contribution in [0.2, 0.25) is 5.15 Å². The molecule has 0 atom stereocenters. The minimum absolute atomic E-state index is 0.0963. The van der Waals surface area contributed by atoms with Gasteiger partial charge in [-0.05, 0) is 50.2 Å². The zero-order chi connectivity index (χ0) is 14.5. The van der Waals surface area contributed by atoms with Crippen LogP contribution >= 0.6 is 11.6 Å². The Morgan fingerprint density at radius 1 is 1.15 bits per heavy atom. The number of aromatic nitrogens is 2. The van der Waals surface area contributed by atoms with E-state index in [0.29, 0.717) is 11.4 Å². The second-order valence-electron chi connectivity index (χ2n) is 4.39. The fourth-order valence-electron chi connectivity index (χ4n) is 1.53. The Hall–Kier alpha value is -2.14. The average molecular weight is 292 g/mol. The average Bonchev–Trinajstić information content (AvgIpc) is 2.41. The highest BCUT2D eigenvalue weighted by atomic mass is 35.5. The third-order valence-corrected chi connectivity index (χ3v) is 2.56. The highest BCUT2D eigenvalue weighted by Gasteiger charge is 2.07. The first kappa shape index (κ1) is 14.3. The van der Waals surface area contributed by atoms with Crippen molar-refractivity contribution in [1.82, 2.24) is 10.2 Å². The minimum Gasteiger partial charge on any atom is -0.491 e. The monoisotopic (exact) mass is 291 g/mol. The van der Waals surface area contributed by atoms with Crippen LogP contribution in [0.5, 0.6) is 5.75 Å². The van der Waals surface area contributed by atoms with Crippen molar-refractivity contribution in [2.45, 2.75) is 20.0 Å². The van der Waals surface area contributed by atoms with Crippen molar-refractivity contribution in [3.8, 4) is 5.75 Å². The number of nitrogens with zero attached hydrogens (tertiary/aromatic N) is 2. The van der Waals surface area contributed by atoms with Gasteiger partial charge >= 0.3 is 0 Å². The molecule has 6 heteroatoms. The van der Waals surface area contributed by atoms with Crippen LogP contribution in [0, 0.1) is 0 Å². The Morgan fingerprint density at radius 2 is 1.85 bits per heavy atom. The predicted octanol–water partition coefficient (Wildman–Crippen LogP) is 3.17. The third-order valence-electron chi connectivity index (χ3n) is 2.36. The van der Waals surface area contributed by atoms with Gasteiger partial charge in [0.05, 0.1) is 6.10 Å². The van der Waals surface area contributed by atoms with Gasteiger partial charge in [0.2, 0.25) is 0 Å². The first-order valence-electron chi connectivity index (χ1n) is 6.12. The number of amides is 1. The third kappa shape index (κ3) is 3.93. The van der Waals surface area contributed by atoms with Crippen LogP contribution in [0.1, 0.15) is 24.2 Å². The number of carbonyl (C=O) groups excluding carboxylic acids is 1. The molecular weight excluding hydrogens is 278 g/mol. The molecule has 0 aliphatic carbocycles. The fourth-order valence-corrected chi connectivity index (χ4v) is 1.63. The van der Waals surface area contributed by atoms with E-state index in [1.807, 2.05) is 13.8 Å². The Balaban J connectivity index is 2.03. The lowest BCUT2D eigenvalue weighted by Crippen LogP contribution is -2.13. The molecule has 1 N–H and O–H groups in total. The molecule has 0 saturated carbocycles. The van der Waals surface area contributed by atoms with Crippen molar-refractivity contribution in [1.29, 1.82) is 0 Å². The van der Waals surface area contributed by atoms with Crippen molar-refractivity contribution in [2.24, 2.45) is 0 Å². The fraction of sp³-hybridized carbons (Fsp3) is 0.214. The molecule has 2 aromatic rings. The van der Waals surface area contributed by atoms with E-state index in [1.165, 1.54) is 0 Å². The summed E-state index contributed by atoms with van der Waals surface area (Å²) in [5, 5.41) is 10.3. The lowest BCUT2D eigenvalue weighted by atomic mass is 10.2. The summed E-state index contributed by atoms with van der Waals surface area (Å²) in [5.74, 6) is 0.808. The van der Waals surface area contributed by atoms with Gasteiger partial charge in [-0.15, -0.1) is 10.2 Å². The summed E-state index contributed by atoms with van der Waals surface area (Å²) in [7, 11) is 0. The van der Waals surface area contributed by atoms with Crippen LogP contribution in [-0.2, 0) is 0 Å². The zero-order valence-electron chi connectivity index (χ0n) is 11.1. The van der Waals surface area contributed by atoms with Gasteiger partial charge in [-0.2, -0.15) is 0 Å². The Bertz CT molecular complexity index is 582. The minimum atomic E-state index is -0.266. The lowest BCUT2D eigenvalue weighted by molar-refractivity contribution is 0.102. The number of ether oxygens (including phenoxy) is 1. The first-order valence-corrected chi connectivity index (χ1v) is 6.49. The van der Waals surface area contributed by atoms with E-state index in [2.05, 4.69) is 15.5 Å². The number of anilines is 1. The van der Waals surface area contributed by atoms with Crippen molar-refractivity contribution in [3.05, 3.63) is 47.1 Å². The second kappa shape index (κ2) is 6.34. The Kier molecular flexibility index (Phi) is 4.53. The largest absolute Gasteiger partial charge is 0.491 e. The smallest absolute Gasteiger partial charge is 0.256 e. The molecule has 1 heterocycles. The summed E-state index contributed by atoms with van der Waals surface area (Å²) >= 11 is 5.62. The molecule has 104 valence electrons. The first-order chi connectivity index (χ1) is 9.54. The van der Waals surface area contributed by atoms with Gasteiger partial charge in [0.1, 0.15) is 5.75 Å². The maximum absolute atomic E-state index is 12.0. The standard InChI is InChI=1S/C14H14ClN3O2/c1-9(2)20-11-5-3-10(4-6-11)14(19)16-13-8-7-12(15)17-18-13/h3-9H,1-2H3,(H,16,18,19). The quantitative estimate of drug-likeness (QED) is 0.940. The summed E-state index contributed by atoms with van der Waals surface area (Å²) in [5.41, 5.74) is 0.512. The molecule has 0 fully saturated rings. The number of hydrogen-bond acceptors (Lipinski definition) is 4. The van der Waals surface area contributed by atoms with Crippen LogP contribution < -0.4 is 10.1 Å². The molecular formula is C14H14ClN3O2. The van der Waals surface area contributed by atoms with E-state index in [-0.39, 0.29) is 17.2 Å². The van der Waals surface area contributed by atoms with E-state index in [4.69, 9.17) is 16.3 Å². The molecule has 0 bridgehead atoms. The number of benzene rings is 1. The van der Waals surface area contributed by atoms with E-state index in [9.17, 15) is 4.79 Å². The SMILES string of the molecule is CC(C)Oc1ccc(C(=O)Nc2ccc(Cl)nn2)cc1. The molecule has 0 spiro atoms. The zero-order valence-corrected chi connectivity index (χ0v) is 11.9. The molecule has 0 saturated heterocycles. The van der Waals surface area contributed by atoms with Crippen LogP contribution in [0.3, 0.4) is 0 Å². The Morgan fingerprint density at radius 3 is 2.40 bits per heavy atom. The maximum Gasteiger partial charge on any atom is 0.256 e. The van der Waals surface area contributed by atoms with Crippen LogP contribution in [-0.4, -0.2) is 22.2 Å². The van der Waals surface area contributed by atoms with Crippen molar-refractivity contribution >= 4 is 23.3 Å². The van der Waals surface area contributed by atoms with Gasteiger partial charge in [0.25, 0.3) is 5.91 Å². The van der Waals surface area contributed by atoms with Gasteiger partial charge in [-0.25, -0.2) is 0 Å². The highest BCUT2D eigenvalue weighted by Crippen LogP contribution is 2.15. The Labute approximate surface area is 121 Å². The number of carbonyl (C=O) groups is 1. The van der Waals surface area contributed by atoms with Gasteiger partial charge in [-0.1, -0.05) is 11.6 Å². The summed E-state index contributed by atoms with van der Waals surface area (Å²) in [6.07, 6.45) is 0.0963. The molecule has 1 aromatic carbocycles. The summed E-state index contributed by atoms with van der Waals surface area (Å²) in [6, 6.07) is 10.0. The molecule has 20 heavy (non-hydrogen) atoms. The number of nitrogens with one attached hydrogen (secondary N) is 1. The highest BCUT2D eigenvalue weighted by molar-refractivity contribution is 6.29. The molecule has 5 nitrogen and oxygen atoms in total. The van der Waals surface area contributed by atoms with Crippen LogP contribution in [0.25, 0.3) is 0 Å². The van der Waals surface area contributed by atoms with E-state index >= 15 is 0 Å². The lowest BCUT2D eigenvalue weighted by Gasteiger charge is -2.10. The number of hydrogen-bond donors (Lipinski definition) is 1. The number of rotatable bonds is 4. The molecule has 0 radical (unpaired) electrons. The summed E-state index contributed by atoms with van der Waals surface area (Å²) in [4.78, 5) is 12.0. The normalized spacial score (nSPS) is 10.4. The predicted molar refractivity (Wildman–Crippen MR) is 77.2 cm³/mol. The van der Waals surface area contributed by atoms with E-state index in [1.54, 1.807) is 36.4 Å². The maximum atomic E-state index is 12.0. The van der Waals surface area contributed by atoms with Gasteiger partial charge < -0.3 is 10.1 Å². The van der Waals surface area contributed by atoms with E-state index in [0.717, 1.165) is 5.75 Å². The molecule has 0 aliphatic rings. The molecule has 1 aromatic heterocycles. The van der Waals surface area contributed by atoms with Gasteiger partial charge in [-0.3, -0.25) is 4.79 Å². The van der Waals surface area contributed by atoms with Gasteiger partial charge in [0.15, 0.2) is 11.0 Å². The van der Waals surface area contributed by atoms with Crippen LogP contribution in [0.4, 0.5) is 5.82 Å². The second-order valence-corrected chi connectivity index (χ2v) is 4.77. The van der Waals surface area contributed by atoms with Crippen molar-refractivity contribution in [3.63, 3.8) is 0 Å². The van der Waals surface area contributed by atoms with Crippen LogP contribution in [0.15, 0.2) is 36.4 Å². The summed E-state index contributed by atoms with van der Waals surface area (Å²) in [6.45, 7) is 3.89. The van der Waals surface area contributed by atoms with Crippen molar-refractivity contribution < 1.29 is 9.53 Å². The molecule has 1 amide bonds. The molecule has 0 unspecified atom stereocenters. The van der Waals surface area contributed by atoms with E-state index < -0.39 is 0 Å².